The van der Waals surface area contributed by atoms with Crippen LogP contribution in [0.25, 0.3) is 11.0 Å². The van der Waals surface area contributed by atoms with Crippen molar-refractivity contribution in [2.75, 3.05) is 6.61 Å². The third-order valence-corrected chi connectivity index (χ3v) is 3.04. The second kappa shape index (κ2) is 5.72. The quantitative estimate of drug-likeness (QED) is 0.832. The number of aliphatic hydroxyl groups is 1. The molecular weight excluding hydrogens is 289 g/mol. The molecule has 5 nitrogen and oxygen atoms in total. The fraction of sp³-hybridized carbons (Fsp3) is 0.385. The lowest BCUT2D eigenvalue weighted by atomic mass is 10.2. The first kappa shape index (κ1) is 15.3. The Hall–Kier alpha value is -2.09. The number of carboxylic acids is 1. The fourth-order valence-electron chi connectivity index (χ4n) is 2.08. The predicted molar refractivity (Wildman–Crippen MR) is 68.0 cm³/mol. The van der Waals surface area contributed by atoms with Gasteiger partial charge in [0.05, 0.1) is 16.6 Å². The summed E-state index contributed by atoms with van der Waals surface area (Å²) >= 11 is 0. The molecular formula is C13H13F3N2O3. The van der Waals surface area contributed by atoms with Crippen molar-refractivity contribution in [1.29, 1.82) is 0 Å². The molecule has 0 atom stereocenters. The molecule has 1 heterocycles. The maximum Gasteiger partial charge on any atom is 0.449 e. The summed E-state index contributed by atoms with van der Waals surface area (Å²) in [6.45, 7) is -0.108. The number of alkyl halides is 3. The maximum absolute atomic E-state index is 13.0. The van der Waals surface area contributed by atoms with E-state index < -0.39 is 18.0 Å². The number of halogens is 3. The summed E-state index contributed by atoms with van der Waals surface area (Å²) in [6, 6.07) is 3.66. The van der Waals surface area contributed by atoms with Crippen LogP contribution in [0, 0.1) is 0 Å². The maximum atomic E-state index is 13.0. The van der Waals surface area contributed by atoms with E-state index in [0.29, 0.717) is 12.8 Å². The van der Waals surface area contributed by atoms with Gasteiger partial charge < -0.3 is 14.8 Å². The molecule has 0 unspecified atom stereocenters. The van der Waals surface area contributed by atoms with Gasteiger partial charge in [0.25, 0.3) is 0 Å². The molecule has 21 heavy (non-hydrogen) atoms. The Kier molecular flexibility index (Phi) is 4.17. The van der Waals surface area contributed by atoms with Gasteiger partial charge in [-0.05, 0) is 31.0 Å². The van der Waals surface area contributed by atoms with Gasteiger partial charge in [-0.15, -0.1) is 0 Å². The summed E-state index contributed by atoms with van der Waals surface area (Å²) in [5, 5.41) is 17.7. The zero-order chi connectivity index (χ0) is 15.6. The van der Waals surface area contributed by atoms with E-state index in [4.69, 9.17) is 10.2 Å². The minimum Gasteiger partial charge on any atom is -0.478 e. The van der Waals surface area contributed by atoms with Crippen molar-refractivity contribution in [3.8, 4) is 0 Å². The van der Waals surface area contributed by atoms with Gasteiger partial charge in [-0.25, -0.2) is 9.78 Å². The van der Waals surface area contributed by atoms with Crippen molar-refractivity contribution in [3.63, 3.8) is 0 Å². The Morgan fingerprint density at radius 3 is 2.57 bits per heavy atom. The van der Waals surface area contributed by atoms with Crippen LogP contribution in [0.3, 0.4) is 0 Å². The number of fused-ring (bicyclic) bond motifs is 1. The second-order valence-corrected chi connectivity index (χ2v) is 4.52. The third-order valence-electron chi connectivity index (χ3n) is 3.04. The number of benzene rings is 1. The van der Waals surface area contributed by atoms with Crippen molar-refractivity contribution < 1.29 is 28.2 Å². The van der Waals surface area contributed by atoms with Gasteiger partial charge in [0.1, 0.15) is 0 Å². The Morgan fingerprint density at radius 1 is 1.29 bits per heavy atom. The lowest BCUT2D eigenvalue weighted by Gasteiger charge is -2.11. The molecule has 0 amide bonds. The first-order valence-corrected chi connectivity index (χ1v) is 6.26. The molecule has 2 aromatic rings. The number of imidazole rings is 1. The second-order valence-electron chi connectivity index (χ2n) is 4.52. The van der Waals surface area contributed by atoms with Gasteiger partial charge >= 0.3 is 12.1 Å². The van der Waals surface area contributed by atoms with Crippen LogP contribution in [-0.2, 0) is 12.7 Å². The van der Waals surface area contributed by atoms with E-state index in [1.807, 2.05) is 0 Å². The van der Waals surface area contributed by atoms with Gasteiger partial charge in [0.2, 0.25) is 5.82 Å². The summed E-state index contributed by atoms with van der Waals surface area (Å²) in [5.74, 6) is -2.27. The monoisotopic (exact) mass is 302 g/mol. The van der Waals surface area contributed by atoms with Crippen LogP contribution < -0.4 is 0 Å². The molecule has 0 saturated carbocycles. The highest BCUT2D eigenvalue weighted by molar-refractivity contribution is 5.92. The predicted octanol–water partition coefficient (Wildman–Crippen LogP) is 2.53. The smallest absolute Gasteiger partial charge is 0.449 e. The fourth-order valence-corrected chi connectivity index (χ4v) is 2.08. The number of hydrogen-bond donors (Lipinski definition) is 2. The Morgan fingerprint density at radius 2 is 2.00 bits per heavy atom. The molecule has 0 spiro atoms. The molecule has 0 radical (unpaired) electrons. The van der Waals surface area contributed by atoms with Crippen LogP contribution in [0.2, 0.25) is 0 Å². The van der Waals surface area contributed by atoms with Crippen molar-refractivity contribution in [2.45, 2.75) is 25.6 Å². The lowest BCUT2D eigenvalue weighted by molar-refractivity contribution is -0.147. The first-order valence-electron chi connectivity index (χ1n) is 6.26. The standard InChI is InChI=1S/C13H13F3N2O3/c14-13(15,16)12-17-9-4-3-8(11(20)21)7-10(9)18(12)5-1-2-6-19/h3-4,7,19H,1-2,5-6H2,(H,20,21). The largest absolute Gasteiger partial charge is 0.478 e. The summed E-state index contributed by atoms with van der Waals surface area (Å²) in [6.07, 6.45) is -3.93. The van der Waals surface area contributed by atoms with E-state index in [2.05, 4.69) is 4.98 Å². The van der Waals surface area contributed by atoms with Crippen molar-refractivity contribution >= 4 is 17.0 Å². The topological polar surface area (TPSA) is 75.3 Å². The molecule has 2 N–H and O–H groups in total. The van der Waals surface area contributed by atoms with Crippen molar-refractivity contribution in [3.05, 3.63) is 29.6 Å². The molecule has 1 aromatic heterocycles. The highest BCUT2D eigenvalue weighted by atomic mass is 19.4. The number of aromatic carboxylic acids is 1. The zero-order valence-electron chi connectivity index (χ0n) is 10.9. The number of rotatable bonds is 5. The number of unbranched alkanes of at least 4 members (excludes halogenated alkanes) is 1. The number of hydrogen-bond acceptors (Lipinski definition) is 3. The molecule has 0 bridgehead atoms. The minimum absolute atomic E-state index is 0.00890. The molecule has 2 rings (SSSR count). The number of carboxylic acid groups (broad SMARTS) is 1. The Labute approximate surface area is 117 Å². The van der Waals surface area contributed by atoms with Crippen molar-refractivity contribution in [2.24, 2.45) is 0 Å². The van der Waals surface area contributed by atoms with Crippen LogP contribution in [-0.4, -0.2) is 32.3 Å². The number of aliphatic hydroxyl groups excluding tert-OH is 1. The van der Waals surface area contributed by atoms with Gasteiger partial charge in [-0.3, -0.25) is 0 Å². The molecule has 0 saturated heterocycles. The zero-order valence-corrected chi connectivity index (χ0v) is 10.9. The highest BCUT2D eigenvalue weighted by Gasteiger charge is 2.37. The molecule has 0 aliphatic heterocycles. The van der Waals surface area contributed by atoms with Crippen LogP contribution in [0.4, 0.5) is 13.2 Å². The average molecular weight is 302 g/mol. The number of nitrogens with zero attached hydrogens (tertiary/aromatic N) is 2. The molecule has 114 valence electrons. The summed E-state index contributed by atoms with van der Waals surface area (Å²) in [5.41, 5.74) is 0.121. The number of aromatic nitrogens is 2. The normalized spacial score (nSPS) is 12.0. The number of aryl methyl sites for hydroxylation is 1. The Bertz CT molecular complexity index is 664. The highest BCUT2D eigenvalue weighted by Crippen LogP contribution is 2.32. The third kappa shape index (κ3) is 3.15. The van der Waals surface area contributed by atoms with Crippen LogP contribution in [0.5, 0.6) is 0 Å². The van der Waals surface area contributed by atoms with E-state index in [1.165, 1.54) is 18.2 Å². The van der Waals surface area contributed by atoms with Gasteiger partial charge in [0, 0.05) is 13.2 Å². The minimum atomic E-state index is -4.62. The molecule has 1 aromatic carbocycles. The summed E-state index contributed by atoms with van der Waals surface area (Å²) < 4.78 is 40.0. The average Bonchev–Trinajstić information content (AvgIpc) is 2.77. The van der Waals surface area contributed by atoms with E-state index >= 15 is 0 Å². The first-order chi connectivity index (χ1) is 9.84. The van der Waals surface area contributed by atoms with Crippen LogP contribution in [0.1, 0.15) is 29.0 Å². The van der Waals surface area contributed by atoms with Gasteiger partial charge in [-0.1, -0.05) is 0 Å². The van der Waals surface area contributed by atoms with E-state index in [0.717, 1.165) is 4.57 Å². The van der Waals surface area contributed by atoms with E-state index in [-0.39, 0.29) is 29.7 Å². The van der Waals surface area contributed by atoms with E-state index in [1.54, 1.807) is 0 Å². The molecule has 0 aliphatic rings. The SMILES string of the molecule is O=C(O)c1ccc2nc(C(F)(F)F)n(CCCCO)c2c1. The molecule has 0 aliphatic carbocycles. The number of carbonyl (C=O) groups is 1. The van der Waals surface area contributed by atoms with Crippen molar-refractivity contribution in [1.82, 2.24) is 9.55 Å². The van der Waals surface area contributed by atoms with Gasteiger partial charge in [0.15, 0.2) is 0 Å². The summed E-state index contributed by atoms with van der Waals surface area (Å²) in [4.78, 5) is 14.5. The van der Waals surface area contributed by atoms with E-state index in [9.17, 15) is 18.0 Å². The van der Waals surface area contributed by atoms with Crippen LogP contribution in [0.15, 0.2) is 18.2 Å². The molecule has 8 heteroatoms. The van der Waals surface area contributed by atoms with Gasteiger partial charge in [-0.2, -0.15) is 13.2 Å². The molecule has 0 fully saturated rings. The lowest BCUT2D eigenvalue weighted by Crippen LogP contribution is -2.15. The summed E-state index contributed by atoms with van der Waals surface area (Å²) in [7, 11) is 0. The Balaban J connectivity index is 2.56. The van der Waals surface area contributed by atoms with Crippen LogP contribution >= 0.6 is 0 Å².